The van der Waals surface area contributed by atoms with Crippen molar-refractivity contribution >= 4 is 11.8 Å². The van der Waals surface area contributed by atoms with Crippen LogP contribution in [-0.4, -0.2) is 11.8 Å². The fraction of sp³-hybridized carbons (Fsp3) is 0.111. The van der Waals surface area contributed by atoms with Crippen LogP contribution in [0.5, 0.6) is 0 Å². The number of hydrogen-bond acceptors (Lipinski definition) is 2. The summed E-state index contributed by atoms with van der Waals surface area (Å²) in [6.07, 6.45) is 0. The van der Waals surface area contributed by atoms with Crippen LogP contribution < -0.4 is 11.1 Å². The summed E-state index contributed by atoms with van der Waals surface area (Å²) < 4.78 is 12.6. The van der Waals surface area contributed by atoms with Crippen molar-refractivity contribution in [2.24, 2.45) is 5.73 Å². The zero-order chi connectivity index (χ0) is 10.6. The van der Waals surface area contributed by atoms with Gasteiger partial charge >= 0.3 is 11.8 Å². The predicted octanol–water partition coefficient (Wildman–Crippen LogP) is -0.0728. The summed E-state index contributed by atoms with van der Waals surface area (Å²) in [5, 5.41) is 2.25. The Balaban J connectivity index is 2.54. The van der Waals surface area contributed by atoms with E-state index in [2.05, 4.69) is 5.32 Å². The first-order valence-corrected chi connectivity index (χ1v) is 3.91. The van der Waals surface area contributed by atoms with Crippen LogP contribution in [0.4, 0.5) is 4.39 Å². The highest BCUT2D eigenvalue weighted by Crippen LogP contribution is 2.02. The van der Waals surface area contributed by atoms with Gasteiger partial charge in [0.2, 0.25) is 0 Å². The van der Waals surface area contributed by atoms with Crippen LogP contribution in [0.2, 0.25) is 0 Å². The number of nitrogens with two attached hydrogens (primary N) is 1. The smallest absolute Gasteiger partial charge is 0.309 e. The lowest BCUT2D eigenvalue weighted by Gasteiger charge is -2.02. The van der Waals surface area contributed by atoms with Gasteiger partial charge in [-0.25, -0.2) is 4.39 Å². The average Bonchev–Trinajstić information content (AvgIpc) is 2.14. The van der Waals surface area contributed by atoms with E-state index >= 15 is 0 Å². The number of carbonyl (C=O) groups excluding carboxylic acids is 2. The molecule has 0 saturated carbocycles. The van der Waals surface area contributed by atoms with Crippen molar-refractivity contribution in [3.8, 4) is 0 Å². The number of rotatable bonds is 2. The van der Waals surface area contributed by atoms with Crippen molar-refractivity contribution in [1.82, 2.24) is 5.32 Å². The van der Waals surface area contributed by atoms with E-state index in [1.54, 1.807) is 6.07 Å². The van der Waals surface area contributed by atoms with Gasteiger partial charge in [0.15, 0.2) is 0 Å². The average molecular weight is 196 g/mol. The van der Waals surface area contributed by atoms with E-state index < -0.39 is 17.6 Å². The summed E-state index contributed by atoms with van der Waals surface area (Å²) in [5.41, 5.74) is 5.27. The minimum absolute atomic E-state index is 0.0829. The van der Waals surface area contributed by atoms with E-state index in [-0.39, 0.29) is 6.54 Å². The Kier molecular flexibility index (Phi) is 3.17. The largest absolute Gasteiger partial charge is 0.361 e. The molecule has 0 unspecified atom stereocenters. The van der Waals surface area contributed by atoms with E-state index in [1.807, 2.05) is 0 Å². The van der Waals surface area contributed by atoms with Gasteiger partial charge in [0.1, 0.15) is 5.82 Å². The fourth-order valence-corrected chi connectivity index (χ4v) is 0.916. The van der Waals surface area contributed by atoms with Crippen LogP contribution in [-0.2, 0) is 16.1 Å². The van der Waals surface area contributed by atoms with Gasteiger partial charge < -0.3 is 11.1 Å². The highest BCUT2D eigenvalue weighted by Gasteiger charge is 2.07. The summed E-state index contributed by atoms with van der Waals surface area (Å²) in [5.74, 6) is -2.33. The molecule has 0 aliphatic rings. The summed E-state index contributed by atoms with van der Waals surface area (Å²) >= 11 is 0. The SMILES string of the molecule is NC(=O)C(=O)NCc1cccc(F)c1. The standard InChI is InChI=1S/C9H9FN2O2/c10-7-3-1-2-6(4-7)5-12-9(14)8(11)13/h1-4H,5H2,(H2,11,13)(H,12,14). The Morgan fingerprint density at radius 1 is 1.43 bits per heavy atom. The molecule has 5 heteroatoms. The number of amides is 2. The van der Waals surface area contributed by atoms with Crippen molar-refractivity contribution < 1.29 is 14.0 Å². The molecule has 0 fully saturated rings. The van der Waals surface area contributed by atoms with E-state index in [1.165, 1.54) is 18.2 Å². The molecule has 0 aliphatic heterocycles. The predicted molar refractivity (Wildman–Crippen MR) is 47.4 cm³/mol. The number of halogens is 1. The maximum Gasteiger partial charge on any atom is 0.309 e. The van der Waals surface area contributed by atoms with Crippen molar-refractivity contribution in [1.29, 1.82) is 0 Å². The third kappa shape index (κ3) is 2.85. The molecule has 14 heavy (non-hydrogen) atoms. The van der Waals surface area contributed by atoms with Crippen LogP contribution in [0.15, 0.2) is 24.3 Å². The highest BCUT2D eigenvalue weighted by molar-refractivity contribution is 6.34. The van der Waals surface area contributed by atoms with Crippen LogP contribution in [0, 0.1) is 5.82 Å². The summed E-state index contributed by atoms with van der Waals surface area (Å²) in [6.45, 7) is 0.0829. The summed E-state index contributed by atoms with van der Waals surface area (Å²) in [6, 6.07) is 5.70. The number of hydrogen-bond donors (Lipinski definition) is 2. The molecule has 0 heterocycles. The lowest BCUT2D eigenvalue weighted by molar-refractivity contribution is -0.137. The Morgan fingerprint density at radius 2 is 2.14 bits per heavy atom. The molecule has 0 saturated heterocycles. The van der Waals surface area contributed by atoms with Gasteiger partial charge in [-0.1, -0.05) is 12.1 Å². The lowest BCUT2D eigenvalue weighted by atomic mass is 10.2. The van der Waals surface area contributed by atoms with Gasteiger partial charge in [-0.2, -0.15) is 0 Å². The molecule has 1 aromatic carbocycles. The summed E-state index contributed by atoms with van der Waals surface area (Å²) in [7, 11) is 0. The second-order valence-corrected chi connectivity index (χ2v) is 2.68. The van der Waals surface area contributed by atoms with Crippen molar-refractivity contribution in [2.75, 3.05) is 0 Å². The van der Waals surface area contributed by atoms with Gasteiger partial charge in [-0.3, -0.25) is 9.59 Å². The lowest BCUT2D eigenvalue weighted by Crippen LogP contribution is -2.35. The minimum atomic E-state index is -1.05. The molecule has 0 aliphatic carbocycles. The molecule has 74 valence electrons. The third-order valence-electron chi connectivity index (χ3n) is 1.57. The highest BCUT2D eigenvalue weighted by atomic mass is 19.1. The molecule has 0 bridgehead atoms. The Labute approximate surface area is 79.9 Å². The number of carbonyl (C=O) groups is 2. The van der Waals surface area contributed by atoms with Gasteiger partial charge in [0.05, 0.1) is 0 Å². The topological polar surface area (TPSA) is 72.2 Å². The van der Waals surface area contributed by atoms with E-state index in [0.717, 1.165) is 0 Å². The molecule has 4 nitrogen and oxygen atoms in total. The number of nitrogens with one attached hydrogen (secondary N) is 1. The van der Waals surface area contributed by atoms with Gasteiger partial charge in [0.25, 0.3) is 0 Å². The van der Waals surface area contributed by atoms with Crippen molar-refractivity contribution in [3.05, 3.63) is 35.6 Å². The first kappa shape index (κ1) is 10.2. The van der Waals surface area contributed by atoms with E-state index in [4.69, 9.17) is 5.73 Å². The molecule has 1 aromatic rings. The quantitative estimate of drug-likeness (QED) is 0.650. The van der Waals surface area contributed by atoms with Crippen LogP contribution in [0.25, 0.3) is 0 Å². The second-order valence-electron chi connectivity index (χ2n) is 2.68. The normalized spacial score (nSPS) is 9.50. The van der Waals surface area contributed by atoms with Gasteiger partial charge in [0, 0.05) is 6.54 Å². The maximum atomic E-state index is 12.6. The molecule has 0 aromatic heterocycles. The molecule has 0 spiro atoms. The Morgan fingerprint density at radius 3 is 2.71 bits per heavy atom. The van der Waals surface area contributed by atoms with Crippen LogP contribution in [0.1, 0.15) is 5.56 Å². The zero-order valence-electron chi connectivity index (χ0n) is 7.29. The minimum Gasteiger partial charge on any atom is -0.361 e. The third-order valence-corrected chi connectivity index (χ3v) is 1.57. The van der Waals surface area contributed by atoms with Crippen LogP contribution >= 0.6 is 0 Å². The van der Waals surface area contributed by atoms with E-state index in [0.29, 0.717) is 5.56 Å². The molecule has 2 amide bonds. The van der Waals surface area contributed by atoms with Gasteiger partial charge in [-0.15, -0.1) is 0 Å². The molecule has 3 N–H and O–H groups in total. The van der Waals surface area contributed by atoms with Crippen molar-refractivity contribution in [3.63, 3.8) is 0 Å². The molecular formula is C9H9FN2O2. The first-order chi connectivity index (χ1) is 6.59. The van der Waals surface area contributed by atoms with Gasteiger partial charge in [-0.05, 0) is 17.7 Å². The Hall–Kier alpha value is -1.91. The Bertz CT molecular complexity index is 366. The zero-order valence-corrected chi connectivity index (χ0v) is 7.29. The van der Waals surface area contributed by atoms with Crippen LogP contribution in [0.3, 0.4) is 0 Å². The molecule has 1 rings (SSSR count). The van der Waals surface area contributed by atoms with Crippen molar-refractivity contribution in [2.45, 2.75) is 6.54 Å². The van der Waals surface area contributed by atoms with E-state index in [9.17, 15) is 14.0 Å². The second kappa shape index (κ2) is 4.36. The first-order valence-electron chi connectivity index (χ1n) is 3.91. The number of benzene rings is 1. The fourth-order valence-electron chi connectivity index (χ4n) is 0.916. The molecule has 0 radical (unpaired) electrons. The monoisotopic (exact) mass is 196 g/mol. The maximum absolute atomic E-state index is 12.6. The molecular weight excluding hydrogens is 187 g/mol. The number of primary amides is 1. The summed E-state index contributed by atoms with van der Waals surface area (Å²) in [4.78, 5) is 21.0. The molecule has 0 atom stereocenters.